The predicted octanol–water partition coefficient (Wildman–Crippen LogP) is -1.68. The van der Waals surface area contributed by atoms with Crippen LogP contribution in [0.2, 0.25) is 0 Å². The number of nitrogens with two attached hydrogens (primary N) is 2. The van der Waals surface area contributed by atoms with E-state index in [0.717, 1.165) is 27.5 Å². The summed E-state index contributed by atoms with van der Waals surface area (Å²) in [6, 6.07) is 0. The number of rotatable bonds is 10. The smallest absolute Gasteiger partial charge is 0.386 e. The minimum Gasteiger partial charge on any atom is -0.395 e. The van der Waals surface area contributed by atoms with Crippen molar-refractivity contribution >= 4 is 73.2 Å². The van der Waals surface area contributed by atoms with Gasteiger partial charge in [-0.1, -0.05) is 22.7 Å². The van der Waals surface area contributed by atoms with E-state index in [0.29, 0.717) is 0 Å². The third kappa shape index (κ3) is 6.05. The highest BCUT2D eigenvalue weighted by atomic mass is 32.7. The lowest BCUT2D eigenvalue weighted by Gasteiger charge is -2.26. The first-order chi connectivity index (χ1) is 21.4. The highest BCUT2D eigenvalue weighted by Gasteiger charge is 2.52. The molecule has 2 saturated heterocycles. The number of hydrogen-bond donors (Lipinski definition) is 7. The van der Waals surface area contributed by atoms with Crippen molar-refractivity contribution in [1.82, 2.24) is 49.9 Å². The number of nitrogens with zero attached hydrogens (tertiary/aromatic N) is 9. The van der Waals surface area contributed by atoms with Gasteiger partial charge >= 0.3 is 15.1 Å². The highest BCUT2D eigenvalue weighted by molar-refractivity contribution is 8.44. The van der Waals surface area contributed by atoms with Crippen LogP contribution in [0.4, 0.5) is 16.2 Å². The molecule has 8 N–H and O–H groups in total. The molecule has 4 aromatic rings. The standard InChI is InChI=1S/C18H23FN12O10P2S2/c19-6-10(40-42(35)36)4(39-16(6)30-13-7(26-28-30)12(20)22-3-23-13)2-38-43(37,44)41-11-9(33)5(1-32)45-17(11)31-14-8(27-29-31)15(34)25-18(21)24-14/h3-6,9-11,16-17,32-33,42H,1-2H2,(H,35,36)(H,37,44)(H2,20,22,23)(H3,21,24,25,34)/t4-,5-,6+,9-,10-,11-,16-,17-,43?/m1/s1. The molecule has 2 fully saturated rings. The summed E-state index contributed by atoms with van der Waals surface area (Å²) in [5.41, 5.74) is 10.5. The molecule has 10 atom stereocenters. The minimum absolute atomic E-state index is 0.00797. The van der Waals surface area contributed by atoms with Gasteiger partial charge in [-0.3, -0.25) is 23.4 Å². The van der Waals surface area contributed by atoms with Crippen molar-refractivity contribution in [2.75, 3.05) is 24.7 Å². The summed E-state index contributed by atoms with van der Waals surface area (Å²) in [4.78, 5) is 35.7. The first-order valence-electron chi connectivity index (χ1n) is 12.6. The van der Waals surface area contributed by atoms with E-state index in [1.54, 1.807) is 0 Å². The minimum atomic E-state index is -4.49. The molecule has 0 bridgehead atoms. The van der Waals surface area contributed by atoms with E-state index in [1.807, 2.05) is 0 Å². The zero-order chi connectivity index (χ0) is 32.2. The van der Waals surface area contributed by atoms with Crippen LogP contribution in [0, 0.1) is 0 Å². The van der Waals surface area contributed by atoms with Gasteiger partial charge in [0.1, 0.15) is 30.0 Å². The molecule has 244 valence electrons. The number of aliphatic hydroxyl groups is 2. The fraction of sp³-hybridized carbons (Fsp3) is 0.556. The Hall–Kier alpha value is -2.83. The van der Waals surface area contributed by atoms with E-state index in [2.05, 4.69) is 52.8 Å². The van der Waals surface area contributed by atoms with E-state index in [1.165, 1.54) is 0 Å². The number of anilines is 2. The molecule has 2 aliphatic heterocycles. The van der Waals surface area contributed by atoms with Crippen molar-refractivity contribution in [2.45, 2.75) is 47.4 Å². The first-order valence-corrected chi connectivity index (χ1v) is 17.5. The number of hydrogen-bond acceptors (Lipinski definition) is 19. The van der Waals surface area contributed by atoms with Gasteiger partial charge < -0.3 is 35.8 Å². The third-order valence-electron chi connectivity index (χ3n) is 6.78. The second-order valence-electron chi connectivity index (χ2n) is 9.55. The van der Waals surface area contributed by atoms with Gasteiger partial charge in [-0.25, -0.2) is 23.6 Å². The average molecular weight is 713 g/mol. The molecule has 45 heavy (non-hydrogen) atoms. The summed E-state index contributed by atoms with van der Waals surface area (Å²) >= 11 is 4.93. The summed E-state index contributed by atoms with van der Waals surface area (Å²) in [7, 11) is -3.72. The lowest BCUT2D eigenvalue weighted by atomic mass is 10.1. The Balaban J connectivity index is 1.22. The predicted molar refractivity (Wildman–Crippen MR) is 154 cm³/mol. The number of thiol groups is 1. The van der Waals surface area contributed by atoms with Crippen molar-refractivity contribution in [2.24, 2.45) is 0 Å². The van der Waals surface area contributed by atoms with Crippen LogP contribution in [0.5, 0.6) is 0 Å². The number of thioether (sulfide) groups is 1. The molecule has 0 amide bonds. The van der Waals surface area contributed by atoms with Gasteiger partial charge in [0.25, 0.3) is 5.56 Å². The van der Waals surface area contributed by atoms with E-state index in [4.69, 9.17) is 29.8 Å². The van der Waals surface area contributed by atoms with Crippen molar-refractivity contribution in [3.05, 3.63) is 16.7 Å². The van der Waals surface area contributed by atoms with E-state index < -0.39 is 81.3 Å². The number of ether oxygens (including phenoxy) is 1. The number of aliphatic hydroxyl groups excluding tert-OH is 2. The Kier molecular flexibility index (Phi) is 8.86. The van der Waals surface area contributed by atoms with Crippen molar-refractivity contribution < 1.29 is 46.9 Å². The van der Waals surface area contributed by atoms with Gasteiger partial charge in [-0.05, 0) is 0 Å². The number of alkyl halides is 1. The lowest BCUT2D eigenvalue weighted by Crippen LogP contribution is -2.35. The number of H-pyrrole nitrogens is 1. The maximum absolute atomic E-state index is 15.6. The second-order valence-corrected chi connectivity index (χ2v) is 14.6. The van der Waals surface area contributed by atoms with Crippen LogP contribution in [0.25, 0.3) is 22.3 Å². The summed E-state index contributed by atoms with van der Waals surface area (Å²) in [6.45, 7) is -5.79. The monoisotopic (exact) mass is 712 g/mol. The summed E-state index contributed by atoms with van der Waals surface area (Å²) in [6.07, 6.45) is -8.76. The topological polar surface area (TPSA) is 317 Å². The summed E-state index contributed by atoms with van der Waals surface area (Å²) in [5.74, 6) is -0.295. The Morgan fingerprint density at radius 2 is 1.93 bits per heavy atom. The molecular weight excluding hydrogens is 689 g/mol. The number of aromatic amines is 1. The maximum Gasteiger partial charge on any atom is 0.386 e. The Morgan fingerprint density at radius 3 is 2.67 bits per heavy atom. The van der Waals surface area contributed by atoms with Crippen LogP contribution in [0.1, 0.15) is 11.6 Å². The Bertz CT molecular complexity index is 1870. The van der Waals surface area contributed by atoms with Gasteiger partial charge in [-0.2, -0.15) is 9.67 Å². The van der Waals surface area contributed by atoms with Gasteiger partial charge in [-0.15, -0.1) is 22.0 Å². The van der Waals surface area contributed by atoms with Crippen molar-refractivity contribution in [1.29, 1.82) is 0 Å². The fourth-order valence-corrected chi connectivity index (χ4v) is 8.25. The molecule has 0 aliphatic carbocycles. The Labute approximate surface area is 258 Å². The maximum atomic E-state index is 15.6. The number of aromatic nitrogens is 10. The van der Waals surface area contributed by atoms with Crippen molar-refractivity contribution in [3.8, 4) is 0 Å². The van der Waals surface area contributed by atoms with Gasteiger partial charge in [0.15, 0.2) is 40.5 Å². The molecule has 22 nitrogen and oxygen atoms in total. The van der Waals surface area contributed by atoms with E-state index in [9.17, 15) is 29.0 Å². The molecule has 0 aromatic carbocycles. The Morgan fingerprint density at radius 1 is 1.20 bits per heavy atom. The van der Waals surface area contributed by atoms with Crippen LogP contribution in [-0.4, -0.2) is 114 Å². The fourth-order valence-electron chi connectivity index (χ4n) is 4.80. The molecule has 6 heterocycles. The third-order valence-corrected chi connectivity index (χ3v) is 10.4. The van der Waals surface area contributed by atoms with Crippen LogP contribution < -0.4 is 17.0 Å². The molecule has 0 spiro atoms. The number of fused-ring (bicyclic) bond motifs is 2. The highest BCUT2D eigenvalue weighted by Crippen LogP contribution is 2.59. The second kappa shape index (κ2) is 12.4. The number of nitrogens with one attached hydrogen (secondary N) is 1. The summed E-state index contributed by atoms with van der Waals surface area (Å²) in [5, 5.41) is 34.0. The summed E-state index contributed by atoms with van der Waals surface area (Å²) < 4.78 is 64.1. The normalized spacial score (nSPS) is 30.7. The van der Waals surface area contributed by atoms with Crippen molar-refractivity contribution in [3.63, 3.8) is 0 Å². The largest absolute Gasteiger partial charge is 0.395 e. The van der Waals surface area contributed by atoms with E-state index >= 15 is 4.39 Å². The zero-order valence-electron chi connectivity index (χ0n) is 22.2. The molecule has 0 saturated carbocycles. The lowest BCUT2D eigenvalue weighted by molar-refractivity contribution is -0.0489. The molecular formula is C18H23FN12O10P2S2. The van der Waals surface area contributed by atoms with Crippen LogP contribution in [-0.2, 0) is 27.4 Å². The van der Waals surface area contributed by atoms with Gasteiger partial charge in [0.2, 0.25) is 5.95 Å². The first kappa shape index (κ1) is 32.1. The average Bonchev–Trinajstić information content (AvgIpc) is 3.73. The van der Waals surface area contributed by atoms with Gasteiger partial charge in [0.05, 0.1) is 24.6 Å². The molecule has 0 radical (unpaired) electrons. The molecule has 6 rings (SSSR count). The van der Waals surface area contributed by atoms with Crippen LogP contribution >= 0.6 is 39.1 Å². The van der Waals surface area contributed by atoms with E-state index in [-0.39, 0.29) is 34.1 Å². The van der Waals surface area contributed by atoms with Gasteiger partial charge in [0, 0.05) is 0 Å². The zero-order valence-corrected chi connectivity index (χ0v) is 25.8. The quantitative estimate of drug-likeness (QED) is 0.0713. The SMILES string of the molecule is Nc1nc2c(nnn2[C@@H]2S[C@H](CO)[C@@H](O)[C@H]2OP(=O)(S)OC[C@H]2O[C@@H](n3nnc4c(N)ncnc43)[C@@H](F)[C@@H]2O[PH](=O)O)c(=O)[nH]1. The number of halogens is 1. The molecule has 4 aromatic heterocycles. The molecule has 2 aliphatic rings. The molecule has 27 heteroatoms. The van der Waals surface area contributed by atoms with Crippen LogP contribution in [0.3, 0.4) is 0 Å². The molecule has 2 unspecified atom stereocenters. The number of nitrogen functional groups attached to an aromatic ring is 2. The van der Waals surface area contributed by atoms with Crippen LogP contribution in [0.15, 0.2) is 11.1 Å².